The first-order valence-corrected chi connectivity index (χ1v) is 6.76. The summed E-state index contributed by atoms with van der Waals surface area (Å²) in [6.45, 7) is 0.409. The Morgan fingerprint density at radius 3 is 2.50 bits per heavy atom. The SMILES string of the molecule is OC(CNc1ccccc1Br)c1ccccc1Cl. The quantitative estimate of drug-likeness (QED) is 0.880. The molecule has 18 heavy (non-hydrogen) atoms. The van der Waals surface area contributed by atoms with Crippen LogP contribution in [0, 0.1) is 0 Å². The summed E-state index contributed by atoms with van der Waals surface area (Å²) < 4.78 is 0.969. The number of nitrogens with one attached hydrogen (secondary N) is 1. The van der Waals surface area contributed by atoms with Gasteiger partial charge in [0.25, 0.3) is 0 Å². The van der Waals surface area contributed by atoms with E-state index in [0.29, 0.717) is 11.6 Å². The molecule has 0 bridgehead atoms. The van der Waals surface area contributed by atoms with Gasteiger partial charge in [-0.3, -0.25) is 0 Å². The number of aliphatic hydroxyl groups is 1. The van der Waals surface area contributed by atoms with Gasteiger partial charge in [0.2, 0.25) is 0 Å². The van der Waals surface area contributed by atoms with Crippen LogP contribution in [-0.2, 0) is 0 Å². The molecule has 0 amide bonds. The molecule has 94 valence electrons. The van der Waals surface area contributed by atoms with E-state index in [2.05, 4.69) is 21.2 Å². The minimum Gasteiger partial charge on any atom is -0.387 e. The topological polar surface area (TPSA) is 32.3 Å². The van der Waals surface area contributed by atoms with Crippen LogP contribution in [0.2, 0.25) is 5.02 Å². The van der Waals surface area contributed by atoms with Crippen LogP contribution >= 0.6 is 27.5 Å². The molecule has 0 aliphatic rings. The zero-order valence-corrected chi connectivity index (χ0v) is 11.9. The van der Waals surface area contributed by atoms with Gasteiger partial charge in [-0.2, -0.15) is 0 Å². The van der Waals surface area contributed by atoms with Crippen molar-refractivity contribution in [2.45, 2.75) is 6.10 Å². The van der Waals surface area contributed by atoms with Crippen molar-refractivity contribution in [1.29, 1.82) is 0 Å². The highest BCUT2D eigenvalue weighted by Crippen LogP contribution is 2.25. The highest BCUT2D eigenvalue weighted by Gasteiger charge is 2.11. The zero-order valence-electron chi connectivity index (χ0n) is 9.61. The molecular weight excluding hydrogens is 314 g/mol. The molecule has 2 rings (SSSR count). The summed E-state index contributed by atoms with van der Waals surface area (Å²) in [5.41, 5.74) is 1.68. The third kappa shape index (κ3) is 3.25. The summed E-state index contributed by atoms with van der Waals surface area (Å²) in [5.74, 6) is 0. The number of hydrogen-bond acceptors (Lipinski definition) is 2. The lowest BCUT2D eigenvalue weighted by Gasteiger charge is -2.15. The fourth-order valence-corrected chi connectivity index (χ4v) is 2.35. The summed E-state index contributed by atoms with van der Waals surface area (Å²) >= 11 is 9.48. The van der Waals surface area contributed by atoms with E-state index in [1.54, 1.807) is 6.07 Å². The number of benzene rings is 2. The van der Waals surface area contributed by atoms with Crippen molar-refractivity contribution in [2.24, 2.45) is 0 Å². The first kappa shape index (κ1) is 13.4. The Kier molecular flexibility index (Phi) is 4.64. The maximum Gasteiger partial charge on any atom is 0.0976 e. The molecule has 0 saturated carbocycles. The number of para-hydroxylation sites is 1. The number of aliphatic hydroxyl groups excluding tert-OH is 1. The van der Waals surface area contributed by atoms with Crippen LogP contribution in [0.5, 0.6) is 0 Å². The molecule has 0 aliphatic heterocycles. The van der Waals surface area contributed by atoms with Gasteiger partial charge in [0, 0.05) is 27.3 Å². The fourth-order valence-electron chi connectivity index (χ4n) is 1.67. The summed E-state index contributed by atoms with van der Waals surface area (Å²) in [6, 6.07) is 15.1. The Bertz CT molecular complexity index is 533. The molecule has 0 radical (unpaired) electrons. The van der Waals surface area contributed by atoms with Crippen molar-refractivity contribution in [3.05, 3.63) is 63.6 Å². The fraction of sp³-hybridized carbons (Fsp3) is 0.143. The summed E-state index contributed by atoms with van der Waals surface area (Å²) in [7, 11) is 0. The Morgan fingerprint density at radius 2 is 1.78 bits per heavy atom. The lowest BCUT2D eigenvalue weighted by atomic mass is 10.1. The molecule has 0 fully saturated rings. The Hall–Kier alpha value is -1.03. The van der Waals surface area contributed by atoms with Crippen molar-refractivity contribution >= 4 is 33.2 Å². The monoisotopic (exact) mass is 325 g/mol. The second kappa shape index (κ2) is 6.23. The number of hydrogen-bond donors (Lipinski definition) is 2. The predicted molar refractivity (Wildman–Crippen MR) is 79.0 cm³/mol. The van der Waals surface area contributed by atoms with Gasteiger partial charge >= 0.3 is 0 Å². The maximum atomic E-state index is 10.1. The molecule has 2 nitrogen and oxygen atoms in total. The predicted octanol–water partition coefficient (Wildman–Crippen LogP) is 4.25. The first-order chi connectivity index (χ1) is 8.68. The second-order valence-electron chi connectivity index (χ2n) is 3.90. The van der Waals surface area contributed by atoms with E-state index in [1.807, 2.05) is 42.5 Å². The molecule has 0 heterocycles. The van der Waals surface area contributed by atoms with Gasteiger partial charge in [-0.15, -0.1) is 0 Å². The van der Waals surface area contributed by atoms with Crippen LogP contribution in [0.25, 0.3) is 0 Å². The van der Waals surface area contributed by atoms with Gasteiger partial charge in [0.05, 0.1) is 6.10 Å². The Morgan fingerprint density at radius 1 is 1.11 bits per heavy atom. The molecule has 2 N–H and O–H groups in total. The van der Waals surface area contributed by atoms with E-state index < -0.39 is 6.10 Å². The molecule has 2 aromatic carbocycles. The van der Waals surface area contributed by atoms with Crippen LogP contribution in [-0.4, -0.2) is 11.7 Å². The van der Waals surface area contributed by atoms with E-state index in [-0.39, 0.29) is 0 Å². The Balaban J connectivity index is 2.03. The molecule has 4 heteroatoms. The molecule has 2 aromatic rings. The standard InChI is InChI=1S/C14H13BrClNO/c15-11-6-2-4-8-13(11)17-9-14(18)10-5-1-3-7-12(10)16/h1-8,14,17-18H,9H2. The summed E-state index contributed by atoms with van der Waals surface area (Å²) in [5, 5.41) is 13.9. The highest BCUT2D eigenvalue weighted by molar-refractivity contribution is 9.10. The van der Waals surface area contributed by atoms with E-state index in [9.17, 15) is 5.11 Å². The van der Waals surface area contributed by atoms with Gasteiger partial charge in [0.1, 0.15) is 0 Å². The van der Waals surface area contributed by atoms with Crippen LogP contribution in [0.15, 0.2) is 53.0 Å². The zero-order chi connectivity index (χ0) is 13.0. The minimum atomic E-state index is -0.634. The molecule has 0 saturated heterocycles. The van der Waals surface area contributed by atoms with Crippen LogP contribution in [0.3, 0.4) is 0 Å². The Labute approximate surface area is 120 Å². The van der Waals surface area contributed by atoms with E-state index >= 15 is 0 Å². The lowest BCUT2D eigenvalue weighted by Crippen LogP contribution is -2.12. The molecule has 0 aliphatic carbocycles. The molecule has 1 unspecified atom stereocenters. The van der Waals surface area contributed by atoms with Crippen molar-refractivity contribution in [3.8, 4) is 0 Å². The number of anilines is 1. The van der Waals surface area contributed by atoms with Crippen molar-refractivity contribution in [2.75, 3.05) is 11.9 Å². The summed E-state index contributed by atoms with van der Waals surface area (Å²) in [4.78, 5) is 0. The third-order valence-electron chi connectivity index (χ3n) is 2.62. The van der Waals surface area contributed by atoms with E-state index in [4.69, 9.17) is 11.6 Å². The van der Waals surface area contributed by atoms with Gasteiger partial charge in [-0.25, -0.2) is 0 Å². The van der Waals surface area contributed by atoms with Gasteiger partial charge < -0.3 is 10.4 Å². The van der Waals surface area contributed by atoms with Gasteiger partial charge in [0.15, 0.2) is 0 Å². The lowest BCUT2D eigenvalue weighted by molar-refractivity contribution is 0.191. The van der Waals surface area contributed by atoms with Crippen LogP contribution in [0.1, 0.15) is 11.7 Å². The highest BCUT2D eigenvalue weighted by atomic mass is 79.9. The molecular formula is C14H13BrClNO. The summed E-state index contributed by atoms with van der Waals surface area (Å²) in [6.07, 6.45) is -0.634. The van der Waals surface area contributed by atoms with Gasteiger partial charge in [-0.05, 0) is 34.1 Å². The van der Waals surface area contributed by atoms with E-state index in [0.717, 1.165) is 15.7 Å². The number of halogens is 2. The van der Waals surface area contributed by atoms with Gasteiger partial charge in [-0.1, -0.05) is 41.9 Å². The smallest absolute Gasteiger partial charge is 0.0976 e. The molecule has 1 atom stereocenters. The third-order valence-corrected chi connectivity index (χ3v) is 3.66. The largest absolute Gasteiger partial charge is 0.387 e. The average Bonchev–Trinajstić information content (AvgIpc) is 2.38. The average molecular weight is 327 g/mol. The second-order valence-corrected chi connectivity index (χ2v) is 5.16. The van der Waals surface area contributed by atoms with Crippen LogP contribution in [0.4, 0.5) is 5.69 Å². The minimum absolute atomic E-state index is 0.409. The number of rotatable bonds is 4. The molecule has 0 spiro atoms. The van der Waals surface area contributed by atoms with Crippen molar-refractivity contribution < 1.29 is 5.11 Å². The van der Waals surface area contributed by atoms with E-state index in [1.165, 1.54) is 0 Å². The van der Waals surface area contributed by atoms with Crippen LogP contribution < -0.4 is 5.32 Å². The first-order valence-electron chi connectivity index (χ1n) is 5.59. The maximum absolute atomic E-state index is 10.1. The van der Waals surface area contributed by atoms with Crippen molar-refractivity contribution in [1.82, 2.24) is 0 Å². The normalized spacial score (nSPS) is 12.2. The molecule has 0 aromatic heterocycles. The van der Waals surface area contributed by atoms with Crippen molar-refractivity contribution in [3.63, 3.8) is 0 Å².